The van der Waals surface area contributed by atoms with E-state index in [9.17, 15) is 0 Å². The summed E-state index contributed by atoms with van der Waals surface area (Å²) in [6, 6.07) is 0. The zero-order valence-corrected chi connectivity index (χ0v) is 11.5. The van der Waals surface area contributed by atoms with Gasteiger partial charge < -0.3 is 0 Å². The summed E-state index contributed by atoms with van der Waals surface area (Å²) in [7, 11) is 0. The number of rotatable bonds is 6. The van der Waals surface area contributed by atoms with Crippen molar-refractivity contribution < 1.29 is 0 Å². The lowest BCUT2D eigenvalue weighted by atomic mass is 9.90. The van der Waals surface area contributed by atoms with Crippen LogP contribution in [0, 0.1) is 5.92 Å². The molecule has 0 aromatic heterocycles. The smallest absolute Gasteiger partial charge is 0.0257 e. The molecule has 15 heavy (non-hydrogen) atoms. The minimum atomic E-state index is 0.678. The predicted molar refractivity (Wildman–Crippen MR) is 71.1 cm³/mol. The van der Waals surface area contributed by atoms with Crippen molar-refractivity contribution in [3.63, 3.8) is 0 Å². The summed E-state index contributed by atoms with van der Waals surface area (Å²) in [4.78, 5) is 0. The zero-order chi connectivity index (χ0) is 11.8. The maximum Gasteiger partial charge on any atom is -0.0257 e. The van der Waals surface area contributed by atoms with Crippen molar-refractivity contribution in [2.24, 2.45) is 5.92 Å². The van der Waals surface area contributed by atoms with Gasteiger partial charge in [-0.2, -0.15) is 0 Å². The van der Waals surface area contributed by atoms with Crippen LogP contribution in [0.15, 0.2) is 22.8 Å². The van der Waals surface area contributed by atoms with E-state index in [0.717, 1.165) is 6.42 Å². The van der Waals surface area contributed by atoms with Crippen molar-refractivity contribution in [1.29, 1.82) is 0 Å². The van der Waals surface area contributed by atoms with E-state index >= 15 is 0 Å². The minimum absolute atomic E-state index is 0.678. The molecule has 0 aliphatic carbocycles. The van der Waals surface area contributed by atoms with Crippen LogP contribution in [-0.2, 0) is 0 Å². The Morgan fingerprint density at radius 2 is 1.73 bits per heavy atom. The molecular weight excluding hydrogens is 180 g/mol. The van der Waals surface area contributed by atoms with Gasteiger partial charge in [-0.25, -0.2) is 0 Å². The number of unbranched alkanes of at least 4 members (excludes halogenated alkanes) is 1. The van der Waals surface area contributed by atoms with Crippen LogP contribution in [0.4, 0.5) is 0 Å². The molecule has 0 unspecified atom stereocenters. The molecule has 0 aromatic carbocycles. The maximum atomic E-state index is 2.36. The highest BCUT2D eigenvalue weighted by atomic mass is 14.1. The quantitative estimate of drug-likeness (QED) is 0.505. The Labute approximate surface area is 96.5 Å². The van der Waals surface area contributed by atoms with Crippen molar-refractivity contribution in [3.05, 3.63) is 22.8 Å². The van der Waals surface area contributed by atoms with Gasteiger partial charge in [-0.3, -0.25) is 0 Å². The SMILES string of the molecule is CC/C=C(C)/C(CCCC)=C(/C)C(C)C. The van der Waals surface area contributed by atoms with E-state index in [1.54, 1.807) is 11.1 Å². The summed E-state index contributed by atoms with van der Waals surface area (Å²) in [5, 5.41) is 0. The van der Waals surface area contributed by atoms with Crippen molar-refractivity contribution >= 4 is 0 Å². The van der Waals surface area contributed by atoms with Gasteiger partial charge in [0.15, 0.2) is 0 Å². The lowest BCUT2D eigenvalue weighted by Crippen LogP contribution is -1.98. The molecule has 0 nitrogen and oxygen atoms in total. The zero-order valence-electron chi connectivity index (χ0n) is 11.5. The van der Waals surface area contributed by atoms with Gasteiger partial charge in [-0.15, -0.1) is 0 Å². The van der Waals surface area contributed by atoms with E-state index in [2.05, 4.69) is 47.6 Å². The first kappa shape index (κ1) is 14.5. The molecule has 0 heteroatoms. The summed E-state index contributed by atoms with van der Waals surface area (Å²) >= 11 is 0. The Hall–Kier alpha value is -0.520. The van der Waals surface area contributed by atoms with Gasteiger partial charge in [-0.1, -0.05) is 51.3 Å². The highest BCUT2D eigenvalue weighted by Gasteiger charge is 2.07. The van der Waals surface area contributed by atoms with Crippen LogP contribution in [0.5, 0.6) is 0 Å². The van der Waals surface area contributed by atoms with E-state index in [1.807, 2.05) is 0 Å². The highest BCUT2D eigenvalue weighted by Crippen LogP contribution is 2.25. The van der Waals surface area contributed by atoms with Gasteiger partial charge in [0.25, 0.3) is 0 Å². The van der Waals surface area contributed by atoms with Gasteiger partial charge in [-0.05, 0) is 44.6 Å². The molecule has 0 amide bonds. The van der Waals surface area contributed by atoms with Gasteiger partial charge in [0.05, 0.1) is 0 Å². The largest absolute Gasteiger partial charge is 0.0816 e. The molecule has 0 fully saturated rings. The Kier molecular flexibility index (Phi) is 7.46. The Bertz CT molecular complexity index is 228. The third-order valence-electron chi connectivity index (χ3n) is 3.11. The molecule has 0 aliphatic rings. The highest BCUT2D eigenvalue weighted by molar-refractivity contribution is 5.33. The van der Waals surface area contributed by atoms with Gasteiger partial charge in [0, 0.05) is 0 Å². The summed E-state index contributed by atoms with van der Waals surface area (Å²) in [5.41, 5.74) is 4.68. The van der Waals surface area contributed by atoms with Gasteiger partial charge in [0.1, 0.15) is 0 Å². The first-order valence-electron chi connectivity index (χ1n) is 6.41. The van der Waals surface area contributed by atoms with E-state index in [1.165, 1.54) is 24.8 Å². The summed E-state index contributed by atoms with van der Waals surface area (Å²) in [6.45, 7) is 13.6. The van der Waals surface area contributed by atoms with Crippen molar-refractivity contribution in [2.45, 2.75) is 67.2 Å². The lowest BCUT2D eigenvalue weighted by molar-refractivity contribution is 0.722. The molecule has 0 saturated carbocycles. The molecule has 0 bridgehead atoms. The Morgan fingerprint density at radius 1 is 1.13 bits per heavy atom. The molecule has 0 atom stereocenters. The Balaban J connectivity index is 4.87. The van der Waals surface area contributed by atoms with E-state index < -0.39 is 0 Å². The predicted octanol–water partition coefficient (Wildman–Crippen LogP) is 5.51. The molecular formula is C15H28. The van der Waals surface area contributed by atoms with Crippen LogP contribution >= 0.6 is 0 Å². The standard InChI is InChI=1S/C15H28/c1-7-9-11-15(13(5)10-8-2)14(6)12(3)4/h10,12H,7-9,11H2,1-6H3/b13-10+,15-14-. The molecule has 88 valence electrons. The summed E-state index contributed by atoms with van der Waals surface area (Å²) in [5.74, 6) is 0.678. The third-order valence-corrected chi connectivity index (χ3v) is 3.11. The van der Waals surface area contributed by atoms with E-state index in [-0.39, 0.29) is 0 Å². The molecule has 0 saturated heterocycles. The molecule has 0 spiro atoms. The first-order chi connectivity index (χ1) is 7.04. The van der Waals surface area contributed by atoms with Gasteiger partial charge >= 0.3 is 0 Å². The maximum absolute atomic E-state index is 2.36. The van der Waals surface area contributed by atoms with Gasteiger partial charge in [0.2, 0.25) is 0 Å². The second-order valence-electron chi connectivity index (χ2n) is 4.72. The third kappa shape index (κ3) is 5.20. The Morgan fingerprint density at radius 3 is 2.13 bits per heavy atom. The molecule has 0 radical (unpaired) electrons. The van der Waals surface area contributed by atoms with Crippen LogP contribution in [-0.4, -0.2) is 0 Å². The monoisotopic (exact) mass is 208 g/mol. The fourth-order valence-corrected chi connectivity index (χ4v) is 1.84. The summed E-state index contributed by atoms with van der Waals surface area (Å²) < 4.78 is 0. The minimum Gasteiger partial charge on any atom is -0.0816 e. The molecule has 0 heterocycles. The van der Waals surface area contributed by atoms with Crippen LogP contribution in [0.1, 0.15) is 67.2 Å². The van der Waals surface area contributed by atoms with Crippen LogP contribution < -0.4 is 0 Å². The first-order valence-corrected chi connectivity index (χ1v) is 6.41. The topological polar surface area (TPSA) is 0 Å². The van der Waals surface area contributed by atoms with Crippen molar-refractivity contribution in [1.82, 2.24) is 0 Å². The van der Waals surface area contributed by atoms with Crippen LogP contribution in [0.25, 0.3) is 0 Å². The average molecular weight is 208 g/mol. The van der Waals surface area contributed by atoms with E-state index in [4.69, 9.17) is 0 Å². The fourth-order valence-electron chi connectivity index (χ4n) is 1.84. The van der Waals surface area contributed by atoms with Crippen LogP contribution in [0.2, 0.25) is 0 Å². The second kappa shape index (κ2) is 7.73. The summed E-state index contributed by atoms with van der Waals surface area (Å²) in [6.07, 6.45) is 7.36. The van der Waals surface area contributed by atoms with E-state index in [0.29, 0.717) is 5.92 Å². The number of allylic oxidation sites excluding steroid dienone is 4. The number of hydrogen-bond acceptors (Lipinski definition) is 0. The molecule has 0 aliphatic heterocycles. The van der Waals surface area contributed by atoms with Crippen molar-refractivity contribution in [2.75, 3.05) is 0 Å². The normalized spacial score (nSPS) is 14.5. The number of hydrogen-bond donors (Lipinski definition) is 0. The average Bonchev–Trinajstić information content (AvgIpc) is 2.18. The molecule has 0 rings (SSSR count). The second-order valence-corrected chi connectivity index (χ2v) is 4.72. The van der Waals surface area contributed by atoms with Crippen molar-refractivity contribution in [3.8, 4) is 0 Å². The fraction of sp³-hybridized carbons (Fsp3) is 0.733. The molecule has 0 aromatic rings. The lowest BCUT2D eigenvalue weighted by Gasteiger charge is -2.16. The van der Waals surface area contributed by atoms with Crippen LogP contribution in [0.3, 0.4) is 0 Å². The molecule has 0 N–H and O–H groups in total.